The number of rotatable bonds is 5. The van der Waals surface area contributed by atoms with Gasteiger partial charge in [-0.25, -0.2) is 0 Å². The molecule has 2 rings (SSSR count). The normalized spacial score (nSPS) is 14.4. The highest BCUT2D eigenvalue weighted by atomic mass is 16.2. The zero-order valence-electron chi connectivity index (χ0n) is 12.4. The lowest BCUT2D eigenvalue weighted by molar-refractivity contribution is 0.0894. The van der Waals surface area contributed by atoms with Crippen molar-refractivity contribution in [2.45, 2.75) is 32.7 Å². The summed E-state index contributed by atoms with van der Waals surface area (Å²) in [6.07, 6.45) is 0.857. The third kappa shape index (κ3) is 3.20. The molecule has 108 valence electrons. The predicted octanol–water partition coefficient (Wildman–Crippen LogP) is 2.66. The van der Waals surface area contributed by atoms with Crippen molar-refractivity contribution in [3.8, 4) is 0 Å². The molecule has 0 radical (unpaired) electrons. The van der Waals surface area contributed by atoms with Crippen LogP contribution < -0.4 is 11.1 Å². The molecule has 1 amide bonds. The predicted molar refractivity (Wildman–Crippen MR) is 82.7 cm³/mol. The Hall–Kier alpha value is -1.81. The monoisotopic (exact) mass is 273 g/mol. The minimum atomic E-state index is -0.372. The minimum Gasteiger partial charge on any atom is -0.351 e. The Morgan fingerprint density at radius 3 is 2.70 bits per heavy atom. The van der Waals surface area contributed by atoms with E-state index in [4.69, 9.17) is 5.73 Å². The summed E-state index contributed by atoms with van der Waals surface area (Å²) in [7, 11) is 0. The lowest BCUT2D eigenvalue weighted by atomic mass is 9.90. The number of hydrogen-bond donors (Lipinski definition) is 3. The number of nitrogens with one attached hydrogen (secondary N) is 2. The van der Waals surface area contributed by atoms with Crippen LogP contribution in [0.2, 0.25) is 0 Å². The molecule has 0 bridgehead atoms. The molecule has 2 aromatic rings. The highest BCUT2D eigenvalue weighted by Gasteiger charge is 2.26. The Kier molecular flexibility index (Phi) is 4.14. The molecule has 0 aliphatic carbocycles. The standard InChI is InChI=1S/C16H23N3O/c1-11(2)9-16(3,10-17)19-15(20)14-8-12-6-4-5-7-13(12)18-14/h4-8,11,18H,9-10,17H2,1-3H3,(H,19,20). The first-order valence-electron chi connectivity index (χ1n) is 7.04. The summed E-state index contributed by atoms with van der Waals surface area (Å²) < 4.78 is 0. The van der Waals surface area contributed by atoms with E-state index in [0.717, 1.165) is 17.3 Å². The van der Waals surface area contributed by atoms with Crippen LogP contribution in [0, 0.1) is 5.92 Å². The number of amides is 1. The fraction of sp³-hybridized carbons (Fsp3) is 0.438. The van der Waals surface area contributed by atoms with Crippen molar-refractivity contribution in [2.24, 2.45) is 11.7 Å². The molecule has 4 nitrogen and oxygen atoms in total. The van der Waals surface area contributed by atoms with E-state index in [2.05, 4.69) is 24.1 Å². The average Bonchev–Trinajstić information content (AvgIpc) is 2.81. The minimum absolute atomic E-state index is 0.102. The largest absolute Gasteiger partial charge is 0.351 e. The van der Waals surface area contributed by atoms with E-state index in [1.807, 2.05) is 37.3 Å². The van der Waals surface area contributed by atoms with E-state index in [9.17, 15) is 4.79 Å². The Labute approximate surface area is 119 Å². The Balaban J connectivity index is 2.18. The van der Waals surface area contributed by atoms with Gasteiger partial charge in [0.1, 0.15) is 5.69 Å². The van der Waals surface area contributed by atoms with Gasteiger partial charge < -0.3 is 16.0 Å². The molecule has 0 saturated heterocycles. The fourth-order valence-electron chi connectivity index (χ4n) is 2.62. The summed E-state index contributed by atoms with van der Waals surface area (Å²) in [4.78, 5) is 15.5. The second-order valence-corrected chi connectivity index (χ2v) is 6.09. The molecule has 0 fully saturated rings. The molecule has 4 heteroatoms. The Bertz CT molecular complexity index is 570. The van der Waals surface area contributed by atoms with Crippen LogP contribution in [-0.2, 0) is 0 Å². The van der Waals surface area contributed by atoms with E-state index in [1.54, 1.807) is 0 Å². The zero-order chi connectivity index (χ0) is 14.8. The molecule has 1 aromatic heterocycles. The third-order valence-electron chi connectivity index (χ3n) is 3.50. The smallest absolute Gasteiger partial charge is 0.268 e. The molecule has 0 aliphatic rings. The highest BCUT2D eigenvalue weighted by molar-refractivity contribution is 5.98. The third-order valence-corrected chi connectivity index (χ3v) is 3.50. The first-order valence-corrected chi connectivity index (χ1v) is 7.04. The molecular weight excluding hydrogens is 250 g/mol. The van der Waals surface area contributed by atoms with Gasteiger partial charge in [-0.3, -0.25) is 4.79 Å². The first kappa shape index (κ1) is 14.6. The zero-order valence-corrected chi connectivity index (χ0v) is 12.4. The summed E-state index contributed by atoms with van der Waals surface area (Å²) in [6, 6.07) is 9.72. The van der Waals surface area contributed by atoms with Crippen molar-refractivity contribution in [3.05, 3.63) is 36.0 Å². The van der Waals surface area contributed by atoms with Crippen LogP contribution in [0.5, 0.6) is 0 Å². The van der Waals surface area contributed by atoms with Crippen LogP contribution in [0.3, 0.4) is 0 Å². The van der Waals surface area contributed by atoms with E-state index < -0.39 is 0 Å². The van der Waals surface area contributed by atoms with Gasteiger partial charge in [0.15, 0.2) is 0 Å². The number of fused-ring (bicyclic) bond motifs is 1. The van der Waals surface area contributed by atoms with Crippen LogP contribution in [0.15, 0.2) is 30.3 Å². The van der Waals surface area contributed by atoms with Gasteiger partial charge in [-0.2, -0.15) is 0 Å². The van der Waals surface area contributed by atoms with E-state index in [1.165, 1.54) is 0 Å². The van der Waals surface area contributed by atoms with Crippen molar-refractivity contribution in [1.29, 1.82) is 0 Å². The average molecular weight is 273 g/mol. The molecule has 0 saturated carbocycles. The number of hydrogen-bond acceptors (Lipinski definition) is 2. The second kappa shape index (κ2) is 5.67. The molecule has 1 aromatic carbocycles. The SMILES string of the molecule is CC(C)CC(C)(CN)NC(=O)c1cc2ccccc2[nH]1. The molecule has 0 spiro atoms. The van der Waals surface area contributed by atoms with Gasteiger partial charge >= 0.3 is 0 Å². The molecule has 4 N–H and O–H groups in total. The lowest BCUT2D eigenvalue weighted by Gasteiger charge is -2.31. The van der Waals surface area contributed by atoms with Crippen molar-refractivity contribution >= 4 is 16.8 Å². The number of carbonyl (C=O) groups is 1. The topological polar surface area (TPSA) is 70.9 Å². The van der Waals surface area contributed by atoms with E-state index >= 15 is 0 Å². The maximum atomic E-state index is 12.4. The summed E-state index contributed by atoms with van der Waals surface area (Å²) in [5.74, 6) is 0.376. The summed E-state index contributed by atoms with van der Waals surface area (Å²) >= 11 is 0. The van der Waals surface area contributed by atoms with Gasteiger partial charge in [-0.1, -0.05) is 32.0 Å². The van der Waals surface area contributed by atoms with Crippen molar-refractivity contribution in [2.75, 3.05) is 6.54 Å². The molecule has 0 aliphatic heterocycles. The Morgan fingerprint density at radius 1 is 1.40 bits per heavy atom. The Morgan fingerprint density at radius 2 is 2.10 bits per heavy atom. The number of carbonyl (C=O) groups excluding carboxylic acids is 1. The molecule has 1 unspecified atom stereocenters. The maximum Gasteiger partial charge on any atom is 0.268 e. The summed E-state index contributed by atoms with van der Waals surface area (Å²) in [5, 5.41) is 4.09. The van der Waals surface area contributed by atoms with Crippen LogP contribution >= 0.6 is 0 Å². The van der Waals surface area contributed by atoms with Gasteiger partial charge in [0.2, 0.25) is 0 Å². The van der Waals surface area contributed by atoms with Crippen molar-refractivity contribution in [1.82, 2.24) is 10.3 Å². The number of benzene rings is 1. The van der Waals surface area contributed by atoms with Gasteiger partial charge in [0.25, 0.3) is 5.91 Å². The molecule has 1 heterocycles. The molecular formula is C16H23N3O. The highest BCUT2D eigenvalue weighted by Crippen LogP contribution is 2.18. The number of aromatic amines is 1. The number of para-hydroxylation sites is 1. The van der Waals surface area contributed by atoms with Crippen molar-refractivity contribution in [3.63, 3.8) is 0 Å². The molecule has 20 heavy (non-hydrogen) atoms. The lowest BCUT2D eigenvalue weighted by Crippen LogP contribution is -2.52. The number of aromatic nitrogens is 1. The van der Waals surface area contributed by atoms with Gasteiger partial charge in [-0.05, 0) is 31.4 Å². The van der Waals surface area contributed by atoms with Gasteiger partial charge in [0, 0.05) is 17.4 Å². The van der Waals surface area contributed by atoms with Gasteiger partial charge in [0.05, 0.1) is 5.54 Å². The van der Waals surface area contributed by atoms with Gasteiger partial charge in [-0.15, -0.1) is 0 Å². The van der Waals surface area contributed by atoms with Crippen LogP contribution in [-0.4, -0.2) is 23.0 Å². The van der Waals surface area contributed by atoms with E-state index in [-0.39, 0.29) is 11.4 Å². The number of nitrogens with two attached hydrogens (primary N) is 1. The first-order chi connectivity index (χ1) is 9.43. The fourth-order valence-corrected chi connectivity index (χ4v) is 2.62. The molecule has 1 atom stereocenters. The summed E-state index contributed by atoms with van der Waals surface area (Å²) in [6.45, 7) is 6.68. The van der Waals surface area contributed by atoms with Crippen molar-refractivity contribution < 1.29 is 4.79 Å². The quantitative estimate of drug-likeness (QED) is 0.783. The van der Waals surface area contributed by atoms with Crippen LogP contribution in [0.4, 0.5) is 0 Å². The van der Waals surface area contributed by atoms with Crippen LogP contribution in [0.25, 0.3) is 10.9 Å². The number of H-pyrrole nitrogens is 1. The summed E-state index contributed by atoms with van der Waals surface area (Å²) in [5.41, 5.74) is 7.01. The second-order valence-electron chi connectivity index (χ2n) is 6.09. The van der Waals surface area contributed by atoms with Crippen LogP contribution in [0.1, 0.15) is 37.7 Å². The van der Waals surface area contributed by atoms with E-state index in [0.29, 0.717) is 18.2 Å². The maximum absolute atomic E-state index is 12.4.